The van der Waals surface area contributed by atoms with Crippen LogP contribution in [0.15, 0.2) is 66.7 Å². The molecule has 3 aromatic carbocycles. The molecule has 1 atom stereocenters. The van der Waals surface area contributed by atoms with Crippen molar-refractivity contribution < 1.29 is 14.0 Å². The molecule has 0 saturated heterocycles. The highest BCUT2D eigenvalue weighted by Gasteiger charge is 2.30. The largest absolute Gasteiger partial charge is 0.337 e. The number of hydrogen-bond donors (Lipinski definition) is 0. The molecule has 1 aromatic heterocycles. The maximum Gasteiger partial charge on any atom is 0.274 e. The highest BCUT2D eigenvalue weighted by Crippen LogP contribution is 2.31. The number of fused-ring (bicyclic) bond motifs is 1. The Balaban J connectivity index is 1.58. The molecule has 1 aliphatic rings. The zero-order chi connectivity index (χ0) is 32.1. The molecular weight excluding hydrogens is 565 g/mol. The monoisotopic (exact) mass is 605 g/mol. The van der Waals surface area contributed by atoms with Gasteiger partial charge in [-0.05, 0) is 85.7 Å². The van der Waals surface area contributed by atoms with Crippen LogP contribution in [0.25, 0.3) is 16.8 Å². The Morgan fingerprint density at radius 1 is 0.978 bits per heavy atom. The van der Waals surface area contributed by atoms with Crippen molar-refractivity contribution in [2.24, 2.45) is 0 Å². The van der Waals surface area contributed by atoms with E-state index in [4.69, 9.17) is 5.10 Å². The molecule has 1 aliphatic heterocycles. The third-order valence-electron chi connectivity index (χ3n) is 8.60. The Morgan fingerprint density at radius 3 is 2.33 bits per heavy atom. The van der Waals surface area contributed by atoms with Crippen LogP contribution in [0, 0.1) is 24.1 Å². The van der Waals surface area contributed by atoms with Gasteiger partial charge < -0.3 is 9.80 Å². The zero-order valence-electron chi connectivity index (χ0n) is 26.5. The molecule has 5 rings (SSSR count). The third kappa shape index (κ3) is 6.68. The lowest BCUT2D eigenvalue weighted by atomic mass is 9.93. The third-order valence-corrected chi connectivity index (χ3v) is 8.60. The van der Waals surface area contributed by atoms with E-state index in [1.807, 2.05) is 54.0 Å². The average Bonchev–Trinajstić information content (AvgIpc) is 3.45. The zero-order valence-corrected chi connectivity index (χ0v) is 26.5. The number of benzene rings is 3. The van der Waals surface area contributed by atoms with E-state index in [9.17, 15) is 19.2 Å². The lowest BCUT2D eigenvalue weighted by molar-refractivity contribution is 0.0658. The molecule has 0 radical (unpaired) electrons. The number of aryl methyl sites for hydroxylation is 1. The summed E-state index contributed by atoms with van der Waals surface area (Å²) >= 11 is 0. The molecule has 7 nitrogen and oxygen atoms in total. The molecule has 0 bridgehead atoms. The average molecular weight is 606 g/mol. The molecular formula is C37H40FN5O2. The van der Waals surface area contributed by atoms with E-state index < -0.39 is 5.82 Å². The minimum atomic E-state index is -0.591. The molecule has 2 amide bonds. The molecule has 45 heavy (non-hydrogen) atoms. The summed E-state index contributed by atoms with van der Waals surface area (Å²) in [4.78, 5) is 31.8. The molecule has 2 heterocycles. The topological polar surface area (TPSA) is 82.2 Å². The summed E-state index contributed by atoms with van der Waals surface area (Å²) in [5, 5.41) is 14.2. The number of hydrogen-bond acceptors (Lipinski definition) is 4. The first kappa shape index (κ1) is 31.6. The van der Waals surface area contributed by atoms with Gasteiger partial charge in [-0.25, -0.2) is 9.07 Å². The molecule has 8 heteroatoms. The van der Waals surface area contributed by atoms with E-state index >= 15 is 0 Å². The smallest absolute Gasteiger partial charge is 0.274 e. The lowest BCUT2D eigenvalue weighted by Crippen LogP contribution is -2.43. The van der Waals surface area contributed by atoms with E-state index in [1.54, 1.807) is 22.9 Å². The summed E-state index contributed by atoms with van der Waals surface area (Å²) in [6.07, 6.45) is 4.56. The van der Waals surface area contributed by atoms with E-state index in [2.05, 4.69) is 26.0 Å². The van der Waals surface area contributed by atoms with Crippen LogP contribution in [0.4, 0.5) is 4.39 Å². The number of carbonyl (C=O) groups excluding carboxylic acids is 2. The predicted molar refractivity (Wildman–Crippen MR) is 174 cm³/mol. The molecule has 232 valence electrons. The summed E-state index contributed by atoms with van der Waals surface area (Å²) in [6, 6.07) is 21.6. The van der Waals surface area contributed by atoms with Gasteiger partial charge in [-0.3, -0.25) is 9.59 Å². The van der Waals surface area contributed by atoms with Gasteiger partial charge in [-0.1, -0.05) is 63.1 Å². The maximum absolute atomic E-state index is 14.5. The Hall–Kier alpha value is -4.77. The van der Waals surface area contributed by atoms with Crippen LogP contribution in [0.2, 0.25) is 0 Å². The first-order chi connectivity index (χ1) is 21.7. The summed E-state index contributed by atoms with van der Waals surface area (Å²) in [5.41, 5.74) is 5.64. The van der Waals surface area contributed by atoms with Crippen LogP contribution in [-0.4, -0.2) is 50.5 Å². The fourth-order valence-electron chi connectivity index (χ4n) is 5.97. The first-order valence-electron chi connectivity index (χ1n) is 15.8. The van der Waals surface area contributed by atoms with E-state index in [1.165, 1.54) is 17.7 Å². The van der Waals surface area contributed by atoms with Gasteiger partial charge in [0, 0.05) is 31.4 Å². The van der Waals surface area contributed by atoms with Crippen LogP contribution in [-0.2, 0) is 13.0 Å². The summed E-state index contributed by atoms with van der Waals surface area (Å²) in [5.74, 6) is -0.863. The van der Waals surface area contributed by atoms with Crippen LogP contribution in [0.3, 0.4) is 0 Å². The number of unbranched alkanes of at least 4 members (excludes halogenated alkanes) is 2. The van der Waals surface area contributed by atoms with Crippen molar-refractivity contribution in [3.05, 3.63) is 106 Å². The van der Waals surface area contributed by atoms with Gasteiger partial charge in [-0.15, -0.1) is 0 Å². The fourth-order valence-corrected chi connectivity index (χ4v) is 5.97. The molecule has 0 N–H and O–H groups in total. The van der Waals surface area contributed by atoms with Crippen molar-refractivity contribution >= 4 is 11.8 Å². The van der Waals surface area contributed by atoms with Crippen LogP contribution >= 0.6 is 0 Å². The summed E-state index contributed by atoms with van der Waals surface area (Å²) < 4.78 is 15.8. The number of nitrogens with zero attached hydrogens (tertiary/aromatic N) is 5. The Morgan fingerprint density at radius 2 is 1.64 bits per heavy atom. The van der Waals surface area contributed by atoms with Crippen molar-refractivity contribution in [1.82, 2.24) is 19.6 Å². The number of aromatic nitrogens is 2. The normalized spacial score (nSPS) is 14.1. The SMILES string of the molecule is CCCCN(CCCC)C(=O)c1cc(C)n(-c2ccc(-c3ccc(F)c(C#N)c3)cc2C(=O)N2Cc3ccccc3C[C@H]2C)n1. The van der Waals surface area contributed by atoms with Crippen molar-refractivity contribution in [2.45, 2.75) is 72.4 Å². The Kier molecular flexibility index (Phi) is 9.77. The Labute approximate surface area is 264 Å². The summed E-state index contributed by atoms with van der Waals surface area (Å²) in [6.45, 7) is 9.98. The molecule has 0 spiro atoms. The van der Waals surface area contributed by atoms with Gasteiger partial charge in [0.2, 0.25) is 0 Å². The quantitative estimate of drug-likeness (QED) is 0.188. The predicted octanol–water partition coefficient (Wildman–Crippen LogP) is 7.49. The highest BCUT2D eigenvalue weighted by molar-refractivity contribution is 6.00. The number of carbonyl (C=O) groups is 2. The van der Waals surface area contributed by atoms with Crippen LogP contribution in [0.1, 0.15) is 89.7 Å². The van der Waals surface area contributed by atoms with Crippen molar-refractivity contribution in [2.75, 3.05) is 13.1 Å². The minimum absolute atomic E-state index is 0.0403. The number of halogens is 1. The second kappa shape index (κ2) is 13.9. The fraction of sp³-hybridized carbons (Fsp3) is 0.351. The highest BCUT2D eigenvalue weighted by atomic mass is 19.1. The maximum atomic E-state index is 14.5. The second-order valence-corrected chi connectivity index (χ2v) is 11.9. The lowest BCUT2D eigenvalue weighted by Gasteiger charge is -2.35. The van der Waals surface area contributed by atoms with Gasteiger partial charge in [-0.2, -0.15) is 10.4 Å². The minimum Gasteiger partial charge on any atom is -0.337 e. The molecule has 0 fully saturated rings. The van der Waals surface area contributed by atoms with Crippen LogP contribution < -0.4 is 0 Å². The Bertz CT molecular complexity index is 1750. The molecule has 0 aliphatic carbocycles. The van der Waals surface area contributed by atoms with Crippen molar-refractivity contribution in [1.29, 1.82) is 5.26 Å². The van der Waals surface area contributed by atoms with Crippen molar-refractivity contribution in [3.8, 4) is 22.9 Å². The first-order valence-corrected chi connectivity index (χ1v) is 15.8. The number of rotatable bonds is 10. The van der Waals surface area contributed by atoms with Gasteiger partial charge in [0.05, 0.1) is 16.8 Å². The molecule has 0 unspecified atom stereocenters. The van der Waals surface area contributed by atoms with Crippen LogP contribution in [0.5, 0.6) is 0 Å². The van der Waals surface area contributed by atoms with Gasteiger partial charge in [0.1, 0.15) is 11.9 Å². The molecule has 4 aromatic rings. The summed E-state index contributed by atoms with van der Waals surface area (Å²) in [7, 11) is 0. The number of nitriles is 1. The van der Waals surface area contributed by atoms with E-state index in [0.717, 1.165) is 43.4 Å². The van der Waals surface area contributed by atoms with E-state index in [0.29, 0.717) is 47.7 Å². The van der Waals surface area contributed by atoms with Gasteiger partial charge in [0.15, 0.2) is 5.69 Å². The van der Waals surface area contributed by atoms with Gasteiger partial charge >= 0.3 is 0 Å². The molecule has 0 saturated carbocycles. The van der Waals surface area contributed by atoms with Crippen molar-refractivity contribution in [3.63, 3.8) is 0 Å². The second-order valence-electron chi connectivity index (χ2n) is 11.9. The van der Waals surface area contributed by atoms with E-state index in [-0.39, 0.29) is 23.4 Å². The standard InChI is InChI=1S/C37H40FN5O2/c1-5-7-17-41(18-8-6-2)37(45)34-20-26(4)43(40-34)35-16-14-29(28-13-15-33(38)31(21-28)23-39)22-32(35)36(44)42-24-30-12-10-9-11-27(30)19-25(42)3/h9-16,20-22,25H,5-8,17-19,24H2,1-4H3/t25-/m1/s1. The van der Waals surface area contributed by atoms with Gasteiger partial charge in [0.25, 0.3) is 11.8 Å². The number of amides is 2.